The van der Waals surface area contributed by atoms with E-state index in [4.69, 9.17) is 4.74 Å². The first kappa shape index (κ1) is 20.4. The van der Waals surface area contributed by atoms with Gasteiger partial charge in [-0.05, 0) is 55.1 Å². The van der Waals surface area contributed by atoms with E-state index in [0.29, 0.717) is 12.8 Å². The molecule has 1 saturated heterocycles. The van der Waals surface area contributed by atoms with Gasteiger partial charge in [0.25, 0.3) is 0 Å². The Morgan fingerprint density at radius 3 is 2.33 bits per heavy atom. The summed E-state index contributed by atoms with van der Waals surface area (Å²) in [5.74, 6) is -0.919. The molecule has 1 fully saturated rings. The molecule has 30 heavy (non-hydrogen) atoms. The molecule has 2 aromatic rings. The molecule has 1 aliphatic carbocycles. The molecule has 0 aromatic heterocycles. The number of carboxylic acids is 1. The van der Waals surface area contributed by atoms with Crippen LogP contribution in [0.5, 0.6) is 0 Å². The lowest BCUT2D eigenvalue weighted by Gasteiger charge is -2.32. The maximum atomic E-state index is 12.7. The predicted molar refractivity (Wildman–Crippen MR) is 115 cm³/mol. The highest BCUT2D eigenvalue weighted by atomic mass is 16.5. The number of carbonyl (C=O) groups is 2. The number of alkyl carbamates (subject to hydrolysis) is 1. The van der Waals surface area contributed by atoms with Crippen molar-refractivity contribution in [3.63, 3.8) is 0 Å². The number of benzene rings is 2. The quantitative estimate of drug-likeness (QED) is 0.786. The van der Waals surface area contributed by atoms with Crippen LogP contribution in [0.4, 0.5) is 4.79 Å². The highest BCUT2D eigenvalue weighted by Crippen LogP contribution is 2.44. The number of carboxylic acid groups (broad SMARTS) is 1. The van der Waals surface area contributed by atoms with Crippen LogP contribution < -0.4 is 5.32 Å². The Bertz CT molecular complexity index is 899. The Morgan fingerprint density at radius 2 is 1.70 bits per heavy atom. The summed E-state index contributed by atoms with van der Waals surface area (Å²) in [6.45, 7) is 1.87. The van der Waals surface area contributed by atoms with Crippen LogP contribution in [0.15, 0.2) is 48.5 Å². The van der Waals surface area contributed by atoms with Gasteiger partial charge in [0.05, 0.1) is 12.0 Å². The summed E-state index contributed by atoms with van der Waals surface area (Å²) in [6, 6.07) is 16.4. The summed E-state index contributed by atoms with van der Waals surface area (Å²) in [6.07, 6.45) is 1.44. The van der Waals surface area contributed by atoms with Gasteiger partial charge >= 0.3 is 12.1 Å². The number of aliphatic carboxylic acids is 1. The zero-order valence-electron chi connectivity index (χ0n) is 17.3. The lowest BCUT2D eigenvalue weighted by atomic mass is 9.87. The van der Waals surface area contributed by atoms with Crippen LogP contribution in [0, 0.1) is 0 Å². The average molecular weight is 408 g/mol. The molecule has 4 rings (SSSR count). The zero-order valence-corrected chi connectivity index (χ0v) is 17.3. The minimum atomic E-state index is -0.904. The molecule has 2 aliphatic rings. The number of fused-ring (bicyclic) bond motifs is 3. The first-order chi connectivity index (χ1) is 14.5. The molecule has 1 heterocycles. The van der Waals surface area contributed by atoms with Gasteiger partial charge in [0, 0.05) is 12.5 Å². The van der Waals surface area contributed by atoms with E-state index in [2.05, 4.69) is 34.5 Å². The van der Waals surface area contributed by atoms with Crippen molar-refractivity contribution in [2.24, 2.45) is 0 Å². The highest BCUT2D eigenvalue weighted by Gasteiger charge is 2.37. The third kappa shape index (κ3) is 4.19. The minimum absolute atomic E-state index is 0.0150. The van der Waals surface area contributed by atoms with Crippen molar-refractivity contribution in [3.05, 3.63) is 59.7 Å². The van der Waals surface area contributed by atoms with E-state index in [1.807, 2.05) is 31.3 Å². The summed E-state index contributed by atoms with van der Waals surface area (Å²) in [5.41, 5.74) is 3.90. The number of hydrogen-bond donors (Lipinski definition) is 2. The summed E-state index contributed by atoms with van der Waals surface area (Å²) in [4.78, 5) is 26.4. The Kier molecular flexibility index (Phi) is 5.77. The second-order valence-electron chi connectivity index (χ2n) is 8.46. The molecule has 1 atom stereocenters. The molecular weight excluding hydrogens is 380 g/mol. The first-order valence-electron chi connectivity index (χ1n) is 10.5. The van der Waals surface area contributed by atoms with Crippen LogP contribution in [0.1, 0.15) is 42.7 Å². The molecule has 6 nitrogen and oxygen atoms in total. The normalized spacial score (nSPS) is 21.4. The number of hydrogen-bond acceptors (Lipinski definition) is 4. The monoisotopic (exact) mass is 408 g/mol. The molecule has 0 spiro atoms. The first-order valence-corrected chi connectivity index (χ1v) is 10.5. The van der Waals surface area contributed by atoms with E-state index in [1.54, 1.807) is 0 Å². The molecule has 0 radical (unpaired) electrons. The van der Waals surface area contributed by atoms with Crippen molar-refractivity contribution in [2.45, 2.75) is 37.1 Å². The van der Waals surface area contributed by atoms with Crippen molar-refractivity contribution in [3.8, 4) is 11.1 Å². The lowest BCUT2D eigenvalue weighted by molar-refractivity contribution is -0.138. The minimum Gasteiger partial charge on any atom is -0.481 e. The van der Waals surface area contributed by atoms with Crippen LogP contribution in [0.25, 0.3) is 11.1 Å². The second kappa shape index (κ2) is 8.48. The topological polar surface area (TPSA) is 78.9 Å². The molecular formula is C24H28N2O4. The molecule has 1 amide bonds. The maximum absolute atomic E-state index is 12.7. The van der Waals surface area contributed by atoms with E-state index in [0.717, 1.165) is 30.6 Å². The van der Waals surface area contributed by atoms with E-state index in [-0.39, 0.29) is 18.9 Å². The number of carbonyl (C=O) groups excluding carboxylic acids is 1. The maximum Gasteiger partial charge on any atom is 0.407 e. The zero-order chi connectivity index (χ0) is 21.1. The van der Waals surface area contributed by atoms with Gasteiger partial charge in [-0.15, -0.1) is 0 Å². The van der Waals surface area contributed by atoms with Gasteiger partial charge in [0.15, 0.2) is 0 Å². The van der Waals surface area contributed by atoms with Gasteiger partial charge in [0.2, 0.25) is 0 Å². The molecule has 0 bridgehead atoms. The lowest BCUT2D eigenvalue weighted by Crippen LogP contribution is -2.50. The van der Waals surface area contributed by atoms with Crippen LogP contribution in [-0.2, 0) is 9.53 Å². The molecule has 158 valence electrons. The van der Waals surface area contributed by atoms with Gasteiger partial charge in [-0.2, -0.15) is 0 Å². The molecule has 2 N–H and O–H groups in total. The van der Waals surface area contributed by atoms with Crippen LogP contribution in [0.2, 0.25) is 0 Å². The SMILES string of the molecule is CN1CCCC(CC(=O)O)(NC(=O)OCC2c3ccccc3-c3ccccc32)CC1. The Balaban J connectivity index is 1.47. The van der Waals surface area contributed by atoms with Crippen LogP contribution >= 0.6 is 0 Å². The van der Waals surface area contributed by atoms with Gasteiger partial charge in [0.1, 0.15) is 6.61 Å². The fraction of sp³-hybridized carbons (Fsp3) is 0.417. The number of rotatable bonds is 5. The molecule has 2 aromatic carbocycles. The summed E-state index contributed by atoms with van der Waals surface area (Å²) >= 11 is 0. The number of likely N-dealkylation sites (tertiary alicyclic amines) is 1. The number of amides is 1. The number of nitrogens with one attached hydrogen (secondary N) is 1. The van der Waals surface area contributed by atoms with Crippen LogP contribution in [-0.4, -0.2) is 54.4 Å². The molecule has 1 aliphatic heterocycles. The summed E-state index contributed by atoms with van der Waals surface area (Å²) < 4.78 is 5.66. The average Bonchev–Trinajstić information content (AvgIpc) is 2.93. The second-order valence-corrected chi connectivity index (χ2v) is 8.46. The third-order valence-corrected chi connectivity index (χ3v) is 6.37. The Labute approximate surface area is 176 Å². The van der Waals surface area contributed by atoms with Crippen molar-refractivity contribution >= 4 is 12.1 Å². The smallest absolute Gasteiger partial charge is 0.407 e. The largest absolute Gasteiger partial charge is 0.481 e. The van der Waals surface area contributed by atoms with E-state index < -0.39 is 17.6 Å². The number of nitrogens with zero attached hydrogens (tertiary/aromatic N) is 1. The van der Waals surface area contributed by atoms with E-state index in [1.165, 1.54) is 11.1 Å². The molecule has 1 unspecified atom stereocenters. The third-order valence-electron chi connectivity index (χ3n) is 6.37. The van der Waals surface area contributed by atoms with Gasteiger partial charge in [-0.25, -0.2) is 4.79 Å². The van der Waals surface area contributed by atoms with Gasteiger partial charge in [-0.3, -0.25) is 4.79 Å². The molecule has 6 heteroatoms. The molecule has 0 saturated carbocycles. The Hall–Kier alpha value is -2.86. The van der Waals surface area contributed by atoms with Crippen molar-refractivity contribution in [2.75, 3.05) is 26.7 Å². The van der Waals surface area contributed by atoms with E-state index >= 15 is 0 Å². The van der Waals surface area contributed by atoms with Crippen molar-refractivity contribution in [1.29, 1.82) is 0 Å². The van der Waals surface area contributed by atoms with Crippen molar-refractivity contribution < 1.29 is 19.4 Å². The van der Waals surface area contributed by atoms with Gasteiger partial charge < -0.3 is 20.1 Å². The van der Waals surface area contributed by atoms with Crippen molar-refractivity contribution in [1.82, 2.24) is 10.2 Å². The van der Waals surface area contributed by atoms with E-state index in [9.17, 15) is 14.7 Å². The standard InChI is InChI=1S/C24H28N2O4/c1-26-13-6-11-24(12-14-26,15-22(27)28)25-23(29)30-16-21-19-9-4-2-7-17(19)18-8-3-5-10-20(18)21/h2-5,7-10,21H,6,11-16H2,1H3,(H,25,29)(H,27,28). The van der Waals surface area contributed by atoms with Gasteiger partial charge in [-0.1, -0.05) is 48.5 Å². The highest BCUT2D eigenvalue weighted by molar-refractivity contribution is 5.79. The Morgan fingerprint density at radius 1 is 1.07 bits per heavy atom. The fourth-order valence-electron chi connectivity index (χ4n) is 4.82. The van der Waals surface area contributed by atoms with Crippen LogP contribution in [0.3, 0.4) is 0 Å². The fourth-order valence-corrected chi connectivity index (χ4v) is 4.82. The summed E-state index contributed by atoms with van der Waals surface area (Å²) in [5, 5.41) is 12.3. The predicted octanol–water partition coefficient (Wildman–Crippen LogP) is 3.85. The number of ether oxygens (including phenoxy) is 1. The summed E-state index contributed by atoms with van der Waals surface area (Å²) in [7, 11) is 2.02.